The maximum absolute atomic E-state index is 12.5. The first kappa shape index (κ1) is 18.1. The van der Waals surface area contributed by atoms with E-state index in [0.29, 0.717) is 27.0 Å². The lowest BCUT2D eigenvalue weighted by atomic mass is 10.1. The number of anilines is 1. The molecule has 2 aromatic carbocycles. The lowest BCUT2D eigenvalue weighted by Crippen LogP contribution is -2.35. The number of amides is 2. The van der Waals surface area contributed by atoms with E-state index in [2.05, 4.69) is 5.32 Å². The van der Waals surface area contributed by atoms with Crippen LogP contribution in [0.2, 0.25) is 10.0 Å². The normalized spacial score (nSPS) is 10.2. The van der Waals surface area contributed by atoms with Gasteiger partial charge in [-0.3, -0.25) is 9.59 Å². The summed E-state index contributed by atoms with van der Waals surface area (Å²) in [6.45, 7) is -0.124. The number of benzene rings is 2. The predicted octanol–water partition coefficient (Wildman–Crippen LogP) is 3.71. The Hall–Kier alpha value is -2.24. The number of hydrogen-bond donors (Lipinski definition) is 1. The molecule has 0 unspecified atom stereocenters. The topological polar surface area (TPSA) is 58.6 Å². The van der Waals surface area contributed by atoms with Crippen LogP contribution in [-0.4, -0.2) is 37.4 Å². The zero-order valence-corrected chi connectivity index (χ0v) is 14.7. The highest BCUT2D eigenvalue weighted by Crippen LogP contribution is 2.23. The minimum absolute atomic E-state index is 0.124. The number of methoxy groups -OCH3 is 1. The molecular formula is C17H16Cl2N2O3. The van der Waals surface area contributed by atoms with Crippen molar-refractivity contribution in [1.29, 1.82) is 0 Å². The van der Waals surface area contributed by atoms with Crippen molar-refractivity contribution in [3.63, 3.8) is 0 Å². The third-order valence-electron chi connectivity index (χ3n) is 3.23. The Kier molecular flexibility index (Phi) is 6.06. The average Bonchev–Trinajstić information content (AvgIpc) is 2.53. The molecule has 0 heterocycles. The summed E-state index contributed by atoms with van der Waals surface area (Å²) >= 11 is 11.8. The summed E-state index contributed by atoms with van der Waals surface area (Å²) in [6, 6.07) is 11.5. The SMILES string of the molecule is COc1ccc(Cl)cc1C(=O)N(C)CC(=O)Nc1cccc(Cl)c1. The van der Waals surface area contributed by atoms with Crippen molar-refractivity contribution < 1.29 is 14.3 Å². The molecule has 0 aromatic heterocycles. The first-order valence-electron chi connectivity index (χ1n) is 7.05. The van der Waals surface area contributed by atoms with Crippen molar-refractivity contribution in [1.82, 2.24) is 4.90 Å². The van der Waals surface area contributed by atoms with Crippen molar-refractivity contribution in [3.05, 3.63) is 58.1 Å². The fraction of sp³-hybridized carbons (Fsp3) is 0.176. The van der Waals surface area contributed by atoms with Crippen LogP contribution in [0.25, 0.3) is 0 Å². The van der Waals surface area contributed by atoms with E-state index in [9.17, 15) is 9.59 Å². The molecule has 0 atom stereocenters. The molecule has 2 aromatic rings. The molecule has 0 bridgehead atoms. The molecule has 0 saturated carbocycles. The first-order valence-corrected chi connectivity index (χ1v) is 7.80. The van der Waals surface area contributed by atoms with Crippen LogP contribution in [0.1, 0.15) is 10.4 Å². The van der Waals surface area contributed by atoms with Crippen LogP contribution >= 0.6 is 23.2 Å². The lowest BCUT2D eigenvalue weighted by molar-refractivity contribution is -0.116. The van der Waals surface area contributed by atoms with E-state index in [1.54, 1.807) is 36.4 Å². The quantitative estimate of drug-likeness (QED) is 0.877. The van der Waals surface area contributed by atoms with Gasteiger partial charge in [-0.05, 0) is 36.4 Å². The molecule has 2 rings (SSSR count). The average molecular weight is 367 g/mol. The van der Waals surface area contributed by atoms with Gasteiger partial charge in [-0.25, -0.2) is 0 Å². The van der Waals surface area contributed by atoms with Gasteiger partial charge in [0, 0.05) is 22.8 Å². The Morgan fingerprint density at radius 1 is 1.12 bits per heavy atom. The first-order chi connectivity index (χ1) is 11.4. The highest BCUT2D eigenvalue weighted by atomic mass is 35.5. The third kappa shape index (κ3) is 4.63. The van der Waals surface area contributed by atoms with E-state index in [0.717, 1.165) is 0 Å². The zero-order chi connectivity index (χ0) is 17.7. The van der Waals surface area contributed by atoms with E-state index in [1.165, 1.54) is 25.1 Å². The van der Waals surface area contributed by atoms with Crippen LogP contribution in [0.3, 0.4) is 0 Å². The molecule has 2 amide bonds. The number of halogens is 2. The van der Waals surface area contributed by atoms with Gasteiger partial charge in [0.15, 0.2) is 0 Å². The Morgan fingerprint density at radius 2 is 1.83 bits per heavy atom. The molecule has 126 valence electrons. The number of ether oxygens (including phenoxy) is 1. The second kappa shape index (κ2) is 8.04. The summed E-state index contributed by atoms with van der Waals surface area (Å²) in [5.74, 6) is -0.309. The molecule has 0 aliphatic rings. The van der Waals surface area contributed by atoms with Crippen LogP contribution in [0.5, 0.6) is 5.75 Å². The van der Waals surface area contributed by atoms with Gasteiger partial charge in [-0.2, -0.15) is 0 Å². The smallest absolute Gasteiger partial charge is 0.257 e. The maximum Gasteiger partial charge on any atom is 0.257 e. The summed E-state index contributed by atoms with van der Waals surface area (Å²) in [4.78, 5) is 25.9. The number of nitrogens with zero attached hydrogens (tertiary/aromatic N) is 1. The molecule has 1 N–H and O–H groups in total. The maximum atomic E-state index is 12.5. The van der Waals surface area contributed by atoms with E-state index < -0.39 is 0 Å². The van der Waals surface area contributed by atoms with Gasteiger partial charge in [-0.1, -0.05) is 29.3 Å². The van der Waals surface area contributed by atoms with Gasteiger partial charge in [0.25, 0.3) is 5.91 Å². The summed E-state index contributed by atoms with van der Waals surface area (Å²) < 4.78 is 5.16. The van der Waals surface area contributed by atoms with Crippen molar-refractivity contribution in [2.45, 2.75) is 0 Å². The molecule has 0 aliphatic heterocycles. The van der Waals surface area contributed by atoms with Crippen molar-refractivity contribution >= 4 is 40.7 Å². The molecule has 5 nitrogen and oxygen atoms in total. The fourth-order valence-corrected chi connectivity index (χ4v) is 2.47. The molecular weight excluding hydrogens is 351 g/mol. The number of hydrogen-bond acceptors (Lipinski definition) is 3. The van der Waals surface area contributed by atoms with Crippen LogP contribution in [0.4, 0.5) is 5.69 Å². The van der Waals surface area contributed by atoms with E-state index >= 15 is 0 Å². The van der Waals surface area contributed by atoms with E-state index in [1.807, 2.05) is 0 Å². The monoisotopic (exact) mass is 366 g/mol. The molecule has 0 saturated heterocycles. The number of carbonyl (C=O) groups is 2. The molecule has 7 heteroatoms. The minimum atomic E-state index is -0.365. The highest BCUT2D eigenvalue weighted by Gasteiger charge is 2.19. The highest BCUT2D eigenvalue weighted by molar-refractivity contribution is 6.31. The Bertz CT molecular complexity index is 765. The van der Waals surface area contributed by atoms with Gasteiger partial charge in [0.1, 0.15) is 5.75 Å². The van der Waals surface area contributed by atoms with Crippen LogP contribution < -0.4 is 10.1 Å². The van der Waals surface area contributed by atoms with Gasteiger partial charge >= 0.3 is 0 Å². The fourth-order valence-electron chi connectivity index (χ4n) is 2.11. The standard InChI is InChI=1S/C17H16Cl2N2O3/c1-21(10-16(22)20-13-5-3-4-11(18)8-13)17(23)14-9-12(19)6-7-15(14)24-2/h3-9H,10H2,1-2H3,(H,20,22). The molecule has 0 fully saturated rings. The lowest BCUT2D eigenvalue weighted by Gasteiger charge is -2.18. The van der Waals surface area contributed by atoms with Crippen molar-refractivity contribution in [3.8, 4) is 5.75 Å². The van der Waals surface area contributed by atoms with Gasteiger partial charge in [-0.15, -0.1) is 0 Å². The minimum Gasteiger partial charge on any atom is -0.496 e. The molecule has 0 spiro atoms. The molecule has 0 radical (unpaired) electrons. The summed E-state index contributed by atoms with van der Waals surface area (Å²) in [7, 11) is 2.99. The van der Waals surface area contributed by atoms with Crippen LogP contribution in [0.15, 0.2) is 42.5 Å². The van der Waals surface area contributed by atoms with Crippen LogP contribution in [-0.2, 0) is 4.79 Å². The number of rotatable bonds is 5. The molecule has 0 aliphatic carbocycles. The number of likely N-dealkylation sites (N-methyl/N-ethyl adjacent to an activating group) is 1. The number of carbonyl (C=O) groups excluding carboxylic acids is 2. The van der Waals surface area contributed by atoms with Crippen molar-refractivity contribution in [2.75, 3.05) is 26.0 Å². The Balaban J connectivity index is 2.06. The molecule has 24 heavy (non-hydrogen) atoms. The van der Waals surface area contributed by atoms with Gasteiger partial charge < -0.3 is 15.0 Å². The second-order valence-corrected chi connectivity index (χ2v) is 5.94. The van der Waals surface area contributed by atoms with Gasteiger partial charge in [0.2, 0.25) is 5.91 Å². The summed E-state index contributed by atoms with van der Waals surface area (Å²) in [5, 5.41) is 3.61. The summed E-state index contributed by atoms with van der Waals surface area (Å²) in [5.41, 5.74) is 0.858. The number of nitrogens with one attached hydrogen (secondary N) is 1. The van der Waals surface area contributed by atoms with Crippen LogP contribution in [0, 0.1) is 0 Å². The van der Waals surface area contributed by atoms with Crippen molar-refractivity contribution in [2.24, 2.45) is 0 Å². The second-order valence-electron chi connectivity index (χ2n) is 5.06. The Labute approximate surface area is 150 Å². The predicted molar refractivity (Wildman–Crippen MR) is 95.0 cm³/mol. The van der Waals surface area contributed by atoms with E-state index in [4.69, 9.17) is 27.9 Å². The summed E-state index contributed by atoms with van der Waals surface area (Å²) in [6.07, 6.45) is 0. The van der Waals surface area contributed by atoms with Gasteiger partial charge in [0.05, 0.1) is 19.2 Å². The largest absolute Gasteiger partial charge is 0.496 e. The van der Waals surface area contributed by atoms with E-state index in [-0.39, 0.29) is 18.4 Å². The zero-order valence-electron chi connectivity index (χ0n) is 13.2. The Morgan fingerprint density at radius 3 is 2.50 bits per heavy atom. The third-order valence-corrected chi connectivity index (χ3v) is 3.70.